The molecule has 0 aliphatic rings. The summed E-state index contributed by atoms with van der Waals surface area (Å²) in [4.78, 5) is 0. The number of hydrogen-bond acceptors (Lipinski definition) is 4. The molecule has 1 heterocycles. The summed E-state index contributed by atoms with van der Waals surface area (Å²) in [5.74, 6) is 6.12. The Kier molecular flexibility index (Phi) is 3.41. The number of H-pyrrole nitrogens is 1. The fourth-order valence-corrected chi connectivity index (χ4v) is 1.85. The fraction of sp³-hybridized carbons (Fsp3) is 0.250. The van der Waals surface area contributed by atoms with Gasteiger partial charge in [0.05, 0.1) is 12.2 Å². The number of aromatic amines is 1. The number of rotatable bonds is 4. The quantitative estimate of drug-likeness (QED) is 0.468. The van der Waals surface area contributed by atoms with Crippen LogP contribution in [-0.2, 0) is 6.42 Å². The van der Waals surface area contributed by atoms with Crippen LogP contribution in [0.3, 0.4) is 0 Å². The van der Waals surface area contributed by atoms with Crippen molar-refractivity contribution in [3.05, 3.63) is 47.2 Å². The molecule has 1 aromatic heterocycles. The van der Waals surface area contributed by atoms with Crippen LogP contribution in [0.1, 0.15) is 29.7 Å². The minimum atomic E-state index is -0.139. The van der Waals surface area contributed by atoms with E-state index in [2.05, 4.69) is 46.8 Å². The van der Waals surface area contributed by atoms with Gasteiger partial charge in [0, 0.05) is 5.56 Å². The zero-order chi connectivity index (χ0) is 12.3. The average Bonchev–Trinajstić information content (AvgIpc) is 2.78. The van der Waals surface area contributed by atoms with E-state index in [9.17, 15) is 0 Å². The monoisotopic (exact) mass is 231 g/mol. The van der Waals surface area contributed by atoms with Crippen LogP contribution in [-0.4, -0.2) is 10.2 Å². The number of hydrogen-bond donors (Lipinski definition) is 4. The summed E-state index contributed by atoms with van der Waals surface area (Å²) >= 11 is 0. The lowest BCUT2D eigenvalue weighted by Gasteiger charge is -2.15. The molecule has 1 unspecified atom stereocenters. The van der Waals surface area contributed by atoms with Gasteiger partial charge in [-0.3, -0.25) is 10.9 Å². The smallest absolute Gasteiger partial charge is 0.124 e. The standard InChI is InChI=1S/C12H17N5/c1-2-8-3-5-9(6-4-8)11(16-14)10-7-15-17-12(10)13/h3-7,11,16H,2,14H2,1H3,(H3,13,15,17). The SMILES string of the molecule is CCc1ccc(C(NN)c2cn[nH]c2N)cc1. The van der Waals surface area contributed by atoms with E-state index >= 15 is 0 Å². The maximum atomic E-state index is 5.80. The Morgan fingerprint density at radius 2 is 2.06 bits per heavy atom. The van der Waals surface area contributed by atoms with E-state index in [0.717, 1.165) is 17.5 Å². The van der Waals surface area contributed by atoms with Crippen molar-refractivity contribution in [2.45, 2.75) is 19.4 Å². The number of aromatic nitrogens is 2. The minimum Gasteiger partial charge on any atom is -0.384 e. The molecular formula is C12H17N5. The van der Waals surface area contributed by atoms with Gasteiger partial charge in [0.25, 0.3) is 0 Å². The molecule has 0 radical (unpaired) electrons. The van der Waals surface area contributed by atoms with Crippen molar-refractivity contribution < 1.29 is 0 Å². The third-order valence-corrected chi connectivity index (χ3v) is 2.90. The Morgan fingerprint density at radius 3 is 2.53 bits per heavy atom. The van der Waals surface area contributed by atoms with Gasteiger partial charge >= 0.3 is 0 Å². The Balaban J connectivity index is 2.32. The van der Waals surface area contributed by atoms with Crippen LogP contribution in [0.5, 0.6) is 0 Å². The van der Waals surface area contributed by atoms with Crippen LogP contribution in [0.15, 0.2) is 30.5 Å². The summed E-state index contributed by atoms with van der Waals surface area (Å²) in [6.45, 7) is 2.13. The Hall–Kier alpha value is -1.85. The number of nitrogens with one attached hydrogen (secondary N) is 2. The summed E-state index contributed by atoms with van der Waals surface area (Å²) in [5, 5.41) is 6.61. The van der Waals surface area contributed by atoms with E-state index in [-0.39, 0.29) is 6.04 Å². The van der Waals surface area contributed by atoms with Gasteiger partial charge < -0.3 is 5.73 Å². The summed E-state index contributed by atoms with van der Waals surface area (Å²) < 4.78 is 0. The molecule has 17 heavy (non-hydrogen) atoms. The summed E-state index contributed by atoms with van der Waals surface area (Å²) in [5.41, 5.74) is 11.8. The maximum Gasteiger partial charge on any atom is 0.124 e. The molecule has 0 spiro atoms. The summed E-state index contributed by atoms with van der Waals surface area (Å²) in [7, 11) is 0. The largest absolute Gasteiger partial charge is 0.384 e. The topological polar surface area (TPSA) is 92.7 Å². The van der Waals surface area contributed by atoms with E-state index < -0.39 is 0 Å². The van der Waals surface area contributed by atoms with E-state index in [0.29, 0.717) is 5.82 Å². The molecule has 1 atom stereocenters. The molecule has 0 bridgehead atoms. The second-order valence-electron chi connectivity index (χ2n) is 3.93. The Morgan fingerprint density at radius 1 is 1.35 bits per heavy atom. The van der Waals surface area contributed by atoms with Crippen molar-refractivity contribution in [3.63, 3.8) is 0 Å². The third-order valence-electron chi connectivity index (χ3n) is 2.90. The van der Waals surface area contributed by atoms with Crippen molar-refractivity contribution in [1.29, 1.82) is 0 Å². The van der Waals surface area contributed by atoms with E-state index in [1.165, 1.54) is 5.56 Å². The van der Waals surface area contributed by atoms with Crippen LogP contribution < -0.4 is 17.0 Å². The fourth-order valence-electron chi connectivity index (χ4n) is 1.85. The zero-order valence-electron chi connectivity index (χ0n) is 9.77. The Labute approximate surface area is 100 Å². The van der Waals surface area contributed by atoms with Crippen molar-refractivity contribution in [2.75, 3.05) is 5.73 Å². The number of anilines is 1. The number of aryl methyl sites for hydroxylation is 1. The number of nitrogens with zero attached hydrogens (tertiary/aromatic N) is 1. The lowest BCUT2D eigenvalue weighted by Crippen LogP contribution is -2.29. The van der Waals surface area contributed by atoms with Crippen LogP contribution in [0.25, 0.3) is 0 Å². The average molecular weight is 231 g/mol. The van der Waals surface area contributed by atoms with Gasteiger partial charge in [-0.05, 0) is 17.5 Å². The maximum absolute atomic E-state index is 5.80. The van der Waals surface area contributed by atoms with Crippen LogP contribution in [0.2, 0.25) is 0 Å². The van der Waals surface area contributed by atoms with Gasteiger partial charge in [0.15, 0.2) is 0 Å². The van der Waals surface area contributed by atoms with Crippen molar-refractivity contribution >= 4 is 5.82 Å². The van der Waals surface area contributed by atoms with Crippen molar-refractivity contribution in [2.24, 2.45) is 5.84 Å². The first-order valence-corrected chi connectivity index (χ1v) is 5.60. The highest BCUT2D eigenvalue weighted by Gasteiger charge is 2.16. The van der Waals surface area contributed by atoms with Crippen LogP contribution >= 0.6 is 0 Å². The van der Waals surface area contributed by atoms with E-state index in [4.69, 9.17) is 11.6 Å². The van der Waals surface area contributed by atoms with Crippen molar-refractivity contribution in [1.82, 2.24) is 15.6 Å². The molecule has 2 aromatic rings. The van der Waals surface area contributed by atoms with Crippen molar-refractivity contribution in [3.8, 4) is 0 Å². The van der Waals surface area contributed by atoms with E-state index in [1.54, 1.807) is 6.20 Å². The first kappa shape index (κ1) is 11.6. The van der Waals surface area contributed by atoms with Gasteiger partial charge in [0.1, 0.15) is 5.82 Å². The molecule has 0 amide bonds. The number of nitrogen functional groups attached to an aromatic ring is 1. The van der Waals surface area contributed by atoms with E-state index in [1.807, 2.05) is 0 Å². The molecular weight excluding hydrogens is 214 g/mol. The Bertz CT molecular complexity index is 474. The first-order chi connectivity index (χ1) is 8.26. The van der Waals surface area contributed by atoms with Gasteiger partial charge in [0.2, 0.25) is 0 Å². The summed E-state index contributed by atoms with van der Waals surface area (Å²) in [6.07, 6.45) is 2.71. The first-order valence-electron chi connectivity index (χ1n) is 5.60. The molecule has 5 nitrogen and oxygen atoms in total. The highest BCUT2D eigenvalue weighted by molar-refractivity contribution is 5.44. The second-order valence-corrected chi connectivity index (χ2v) is 3.93. The summed E-state index contributed by atoms with van der Waals surface area (Å²) in [6, 6.07) is 8.15. The number of nitrogens with two attached hydrogens (primary N) is 2. The molecule has 0 saturated carbocycles. The zero-order valence-corrected chi connectivity index (χ0v) is 9.77. The molecule has 0 aliphatic heterocycles. The highest BCUT2D eigenvalue weighted by atomic mass is 15.2. The molecule has 6 N–H and O–H groups in total. The molecule has 1 aromatic carbocycles. The minimum absolute atomic E-state index is 0.139. The normalized spacial score (nSPS) is 12.6. The highest BCUT2D eigenvalue weighted by Crippen LogP contribution is 2.24. The van der Waals surface area contributed by atoms with Gasteiger partial charge in [-0.15, -0.1) is 0 Å². The predicted molar refractivity (Wildman–Crippen MR) is 68.0 cm³/mol. The second kappa shape index (κ2) is 4.99. The van der Waals surface area contributed by atoms with Gasteiger partial charge in [-0.1, -0.05) is 31.2 Å². The third kappa shape index (κ3) is 2.30. The number of hydrazine groups is 1. The lowest BCUT2D eigenvalue weighted by atomic mass is 9.99. The molecule has 0 fully saturated rings. The predicted octanol–water partition coefficient (Wildman–Crippen LogP) is 1.11. The number of benzene rings is 1. The van der Waals surface area contributed by atoms with Gasteiger partial charge in [-0.2, -0.15) is 5.10 Å². The molecule has 5 heteroatoms. The van der Waals surface area contributed by atoms with Crippen LogP contribution in [0, 0.1) is 0 Å². The van der Waals surface area contributed by atoms with Crippen LogP contribution in [0.4, 0.5) is 5.82 Å². The molecule has 0 aliphatic carbocycles. The molecule has 0 saturated heterocycles. The lowest BCUT2D eigenvalue weighted by molar-refractivity contribution is 0.638. The molecule has 90 valence electrons. The van der Waals surface area contributed by atoms with Gasteiger partial charge in [-0.25, -0.2) is 5.43 Å². The molecule has 2 rings (SSSR count).